The predicted molar refractivity (Wildman–Crippen MR) is 45.4 cm³/mol. The van der Waals surface area contributed by atoms with Crippen LogP contribution in [0.3, 0.4) is 0 Å². The van der Waals surface area contributed by atoms with Gasteiger partial charge in [-0.15, -0.1) is 0 Å². The fraction of sp³-hybridized carbons (Fsp3) is 0.875. The SMILES string of the molecule is NCCC(=O)NCC1(CO)CC1. The van der Waals surface area contributed by atoms with Gasteiger partial charge in [0.2, 0.25) is 5.91 Å². The van der Waals surface area contributed by atoms with Crippen molar-refractivity contribution < 1.29 is 9.90 Å². The molecule has 0 aromatic heterocycles. The highest BCUT2D eigenvalue weighted by atomic mass is 16.3. The quantitative estimate of drug-likeness (QED) is 0.509. The van der Waals surface area contributed by atoms with Gasteiger partial charge < -0.3 is 16.2 Å². The first-order valence-electron chi connectivity index (χ1n) is 4.30. The Labute approximate surface area is 72.1 Å². The van der Waals surface area contributed by atoms with Gasteiger partial charge >= 0.3 is 0 Å². The van der Waals surface area contributed by atoms with Gasteiger partial charge in [0.05, 0.1) is 6.61 Å². The minimum atomic E-state index is -0.0165. The lowest BCUT2D eigenvalue weighted by atomic mass is 10.1. The van der Waals surface area contributed by atoms with Crippen LogP contribution in [0.25, 0.3) is 0 Å². The van der Waals surface area contributed by atoms with Crippen molar-refractivity contribution in [1.82, 2.24) is 5.32 Å². The molecule has 0 bridgehead atoms. The van der Waals surface area contributed by atoms with E-state index in [9.17, 15) is 4.79 Å². The van der Waals surface area contributed by atoms with Crippen molar-refractivity contribution in [2.24, 2.45) is 11.1 Å². The molecule has 1 aliphatic rings. The van der Waals surface area contributed by atoms with Gasteiger partial charge in [-0.3, -0.25) is 4.79 Å². The fourth-order valence-corrected chi connectivity index (χ4v) is 1.07. The monoisotopic (exact) mass is 172 g/mol. The van der Waals surface area contributed by atoms with E-state index in [0.29, 0.717) is 19.5 Å². The molecule has 4 N–H and O–H groups in total. The summed E-state index contributed by atoms with van der Waals surface area (Å²) < 4.78 is 0. The lowest BCUT2D eigenvalue weighted by Gasteiger charge is -2.11. The zero-order valence-corrected chi connectivity index (χ0v) is 7.18. The number of aliphatic hydroxyl groups excluding tert-OH is 1. The minimum absolute atomic E-state index is 0.00422. The number of nitrogens with one attached hydrogen (secondary N) is 1. The number of hydrogen-bond donors (Lipinski definition) is 3. The number of rotatable bonds is 5. The largest absolute Gasteiger partial charge is 0.396 e. The van der Waals surface area contributed by atoms with Crippen LogP contribution >= 0.6 is 0 Å². The van der Waals surface area contributed by atoms with E-state index >= 15 is 0 Å². The highest BCUT2D eigenvalue weighted by molar-refractivity contribution is 5.76. The van der Waals surface area contributed by atoms with Crippen LogP contribution < -0.4 is 11.1 Å². The molecule has 1 aliphatic carbocycles. The lowest BCUT2D eigenvalue weighted by Crippen LogP contribution is -2.32. The summed E-state index contributed by atoms with van der Waals surface area (Å²) in [4.78, 5) is 11.0. The summed E-state index contributed by atoms with van der Waals surface area (Å²) in [5.74, 6) is -0.0165. The maximum absolute atomic E-state index is 11.0. The van der Waals surface area contributed by atoms with Crippen molar-refractivity contribution in [2.45, 2.75) is 19.3 Å². The molecule has 70 valence electrons. The second-order valence-electron chi connectivity index (χ2n) is 3.47. The molecule has 0 unspecified atom stereocenters. The standard InChI is InChI=1S/C8H16N2O2/c9-4-1-7(12)10-5-8(6-11)2-3-8/h11H,1-6,9H2,(H,10,12). The zero-order chi connectivity index (χ0) is 9.03. The number of carbonyl (C=O) groups is 1. The molecule has 0 aliphatic heterocycles. The zero-order valence-electron chi connectivity index (χ0n) is 7.18. The summed E-state index contributed by atoms with van der Waals surface area (Å²) in [7, 11) is 0. The van der Waals surface area contributed by atoms with Gasteiger partial charge in [0, 0.05) is 24.9 Å². The van der Waals surface area contributed by atoms with E-state index in [1.54, 1.807) is 0 Å². The van der Waals surface area contributed by atoms with Crippen LogP contribution in [0.4, 0.5) is 0 Å². The molecular formula is C8H16N2O2. The molecule has 1 saturated carbocycles. The number of nitrogens with two attached hydrogens (primary N) is 1. The number of amides is 1. The Balaban J connectivity index is 2.12. The van der Waals surface area contributed by atoms with Crippen molar-refractivity contribution in [1.29, 1.82) is 0 Å². The molecule has 4 nitrogen and oxygen atoms in total. The van der Waals surface area contributed by atoms with Crippen LogP contribution in [0.5, 0.6) is 0 Å². The van der Waals surface area contributed by atoms with Crippen LogP contribution in [0.15, 0.2) is 0 Å². The van der Waals surface area contributed by atoms with E-state index in [1.807, 2.05) is 0 Å². The average molecular weight is 172 g/mol. The van der Waals surface area contributed by atoms with E-state index in [1.165, 1.54) is 0 Å². The number of carbonyl (C=O) groups excluding carboxylic acids is 1. The first-order valence-corrected chi connectivity index (χ1v) is 4.30. The van der Waals surface area contributed by atoms with E-state index in [2.05, 4.69) is 5.32 Å². The molecule has 1 amide bonds. The highest BCUT2D eigenvalue weighted by Crippen LogP contribution is 2.44. The second-order valence-corrected chi connectivity index (χ2v) is 3.47. The normalized spacial score (nSPS) is 18.8. The fourth-order valence-electron chi connectivity index (χ4n) is 1.07. The smallest absolute Gasteiger partial charge is 0.221 e. The Bertz CT molecular complexity index is 166. The molecule has 0 radical (unpaired) electrons. The first-order chi connectivity index (χ1) is 5.72. The Hall–Kier alpha value is -0.610. The van der Waals surface area contributed by atoms with Crippen LogP contribution in [0, 0.1) is 5.41 Å². The average Bonchev–Trinajstić information content (AvgIpc) is 2.82. The van der Waals surface area contributed by atoms with Gasteiger partial charge in [0.25, 0.3) is 0 Å². The summed E-state index contributed by atoms with van der Waals surface area (Å²) in [5.41, 5.74) is 5.21. The summed E-state index contributed by atoms with van der Waals surface area (Å²) in [6.07, 6.45) is 2.42. The topological polar surface area (TPSA) is 75.4 Å². The van der Waals surface area contributed by atoms with Gasteiger partial charge in [0.1, 0.15) is 0 Å². The van der Waals surface area contributed by atoms with Gasteiger partial charge in [-0.1, -0.05) is 0 Å². The van der Waals surface area contributed by atoms with Crippen molar-refractivity contribution in [3.8, 4) is 0 Å². The molecule has 12 heavy (non-hydrogen) atoms. The molecule has 1 fully saturated rings. The van der Waals surface area contributed by atoms with E-state index < -0.39 is 0 Å². The van der Waals surface area contributed by atoms with Crippen molar-refractivity contribution >= 4 is 5.91 Å². The Morgan fingerprint density at radius 2 is 2.25 bits per heavy atom. The molecule has 0 atom stereocenters. The third-order valence-electron chi connectivity index (χ3n) is 2.32. The van der Waals surface area contributed by atoms with E-state index in [-0.39, 0.29) is 17.9 Å². The number of aliphatic hydroxyl groups is 1. The van der Waals surface area contributed by atoms with Crippen molar-refractivity contribution in [2.75, 3.05) is 19.7 Å². The second kappa shape index (κ2) is 3.87. The Morgan fingerprint density at radius 1 is 1.58 bits per heavy atom. The summed E-state index contributed by atoms with van der Waals surface area (Å²) in [6, 6.07) is 0. The molecule has 4 heteroatoms. The molecule has 0 heterocycles. The maximum Gasteiger partial charge on any atom is 0.221 e. The summed E-state index contributed by atoms with van der Waals surface area (Å²) in [5, 5.41) is 11.7. The third-order valence-corrected chi connectivity index (χ3v) is 2.32. The first kappa shape index (κ1) is 9.48. The minimum Gasteiger partial charge on any atom is -0.396 e. The molecule has 0 aromatic rings. The lowest BCUT2D eigenvalue weighted by molar-refractivity contribution is -0.121. The van der Waals surface area contributed by atoms with Crippen LogP contribution in [-0.2, 0) is 4.79 Å². The van der Waals surface area contributed by atoms with Crippen LogP contribution in [0.1, 0.15) is 19.3 Å². The van der Waals surface area contributed by atoms with Gasteiger partial charge in [-0.05, 0) is 12.8 Å². The molecule has 1 rings (SSSR count). The highest BCUT2D eigenvalue weighted by Gasteiger charge is 2.41. The van der Waals surface area contributed by atoms with E-state index in [4.69, 9.17) is 10.8 Å². The molecule has 0 aromatic carbocycles. The Kier molecular flexibility index (Phi) is 3.05. The molecule has 0 spiro atoms. The number of hydrogen-bond acceptors (Lipinski definition) is 3. The summed E-state index contributed by atoms with van der Waals surface area (Å²) in [6.45, 7) is 1.16. The maximum atomic E-state index is 11.0. The Morgan fingerprint density at radius 3 is 2.67 bits per heavy atom. The van der Waals surface area contributed by atoms with Gasteiger partial charge in [-0.25, -0.2) is 0 Å². The van der Waals surface area contributed by atoms with Gasteiger partial charge in [-0.2, -0.15) is 0 Å². The predicted octanol–water partition coefficient (Wildman–Crippen LogP) is -0.776. The van der Waals surface area contributed by atoms with Crippen molar-refractivity contribution in [3.63, 3.8) is 0 Å². The molecule has 0 saturated heterocycles. The third kappa shape index (κ3) is 2.46. The van der Waals surface area contributed by atoms with Crippen molar-refractivity contribution in [3.05, 3.63) is 0 Å². The van der Waals surface area contributed by atoms with Crippen LogP contribution in [0.2, 0.25) is 0 Å². The summed E-state index contributed by atoms with van der Waals surface area (Å²) >= 11 is 0. The van der Waals surface area contributed by atoms with Gasteiger partial charge in [0.15, 0.2) is 0 Å². The van der Waals surface area contributed by atoms with E-state index in [0.717, 1.165) is 12.8 Å². The molecular weight excluding hydrogens is 156 g/mol. The van der Waals surface area contributed by atoms with Crippen LogP contribution in [-0.4, -0.2) is 30.7 Å².